The van der Waals surface area contributed by atoms with E-state index in [1.54, 1.807) is 24.4 Å². The number of halogens is 4. The van der Waals surface area contributed by atoms with Gasteiger partial charge in [-0.05, 0) is 36.6 Å². The molecule has 3 rings (SSSR count). The number of alkyl halides is 3. The Morgan fingerprint density at radius 1 is 1.25 bits per heavy atom. The van der Waals surface area contributed by atoms with Crippen LogP contribution < -0.4 is 5.32 Å². The molecule has 106 valence electrons. The summed E-state index contributed by atoms with van der Waals surface area (Å²) in [5.74, 6) is 0. The summed E-state index contributed by atoms with van der Waals surface area (Å²) in [6.45, 7) is 0.129. The number of rotatable bonds is 3. The summed E-state index contributed by atoms with van der Waals surface area (Å²) in [4.78, 5) is 4.22. The van der Waals surface area contributed by atoms with Crippen LogP contribution in [0.15, 0.2) is 30.5 Å². The molecule has 0 radical (unpaired) electrons. The second kappa shape index (κ2) is 4.60. The average Bonchev–Trinajstić information content (AvgIpc) is 3.19. The third-order valence-corrected chi connectivity index (χ3v) is 4.04. The van der Waals surface area contributed by atoms with Crippen LogP contribution in [-0.2, 0) is 6.54 Å². The quantitative estimate of drug-likeness (QED) is 0.924. The Morgan fingerprint density at radius 2 is 2.00 bits per heavy atom. The molecule has 2 aromatic rings. The van der Waals surface area contributed by atoms with Crippen molar-refractivity contribution in [2.45, 2.75) is 31.1 Å². The van der Waals surface area contributed by atoms with Crippen molar-refractivity contribution in [3.8, 4) is 0 Å². The fourth-order valence-corrected chi connectivity index (χ4v) is 2.50. The van der Waals surface area contributed by atoms with E-state index < -0.39 is 11.7 Å². The van der Waals surface area contributed by atoms with Gasteiger partial charge in [-0.3, -0.25) is 10.3 Å². The minimum absolute atomic E-state index is 0.129. The Hall–Kier alpha value is -1.33. The summed E-state index contributed by atoms with van der Waals surface area (Å²) in [6, 6.07) is 6.97. The van der Waals surface area contributed by atoms with Crippen LogP contribution in [0.3, 0.4) is 0 Å². The zero-order valence-electron chi connectivity index (χ0n) is 10.5. The summed E-state index contributed by atoms with van der Waals surface area (Å²) >= 11 is 6.06. The van der Waals surface area contributed by atoms with Crippen LogP contribution in [0.5, 0.6) is 0 Å². The Morgan fingerprint density at radius 3 is 2.65 bits per heavy atom. The van der Waals surface area contributed by atoms with Crippen LogP contribution >= 0.6 is 11.6 Å². The third kappa shape index (κ3) is 2.25. The summed E-state index contributed by atoms with van der Waals surface area (Å²) in [5.41, 5.74) is -0.348. The molecular weight excluding hydrogens is 289 g/mol. The maximum atomic E-state index is 12.9. The molecule has 0 unspecified atom stereocenters. The summed E-state index contributed by atoms with van der Waals surface area (Å²) in [5, 5.41) is 3.93. The van der Waals surface area contributed by atoms with E-state index in [-0.39, 0.29) is 19.4 Å². The fraction of sp³-hybridized carbons (Fsp3) is 0.357. The monoisotopic (exact) mass is 300 g/mol. The number of pyridine rings is 1. The highest BCUT2D eigenvalue weighted by Crippen LogP contribution is 2.49. The van der Waals surface area contributed by atoms with Crippen LogP contribution in [0.25, 0.3) is 10.9 Å². The summed E-state index contributed by atoms with van der Waals surface area (Å²) < 4.78 is 38.6. The largest absolute Gasteiger partial charge is 0.406 e. The average molecular weight is 301 g/mol. The molecule has 2 nitrogen and oxygen atoms in total. The number of nitrogens with one attached hydrogen (secondary N) is 1. The lowest BCUT2D eigenvalue weighted by molar-refractivity contribution is -0.166. The molecule has 1 N–H and O–H groups in total. The minimum Gasteiger partial charge on any atom is -0.299 e. The van der Waals surface area contributed by atoms with E-state index >= 15 is 0 Å². The van der Waals surface area contributed by atoms with Gasteiger partial charge >= 0.3 is 6.18 Å². The number of fused-ring (bicyclic) bond motifs is 1. The molecule has 0 spiro atoms. The second-order valence-electron chi connectivity index (χ2n) is 5.04. The fourth-order valence-electron chi connectivity index (χ4n) is 2.29. The molecular formula is C14H12ClF3N2. The van der Waals surface area contributed by atoms with E-state index in [4.69, 9.17) is 11.6 Å². The lowest BCUT2D eigenvalue weighted by atomic mass is 10.1. The predicted octanol–water partition coefficient (Wildman–Crippen LogP) is 4.07. The molecule has 6 heteroatoms. The number of hydrogen-bond donors (Lipinski definition) is 1. The molecule has 1 aliphatic carbocycles. The maximum Gasteiger partial charge on any atom is 0.406 e. The first-order chi connectivity index (χ1) is 9.43. The van der Waals surface area contributed by atoms with Gasteiger partial charge in [-0.1, -0.05) is 17.7 Å². The molecule has 0 saturated heterocycles. The molecule has 0 bridgehead atoms. The van der Waals surface area contributed by atoms with Crippen molar-refractivity contribution in [2.24, 2.45) is 0 Å². The van der Waals surface area contributed by atoms with Gasteiger partial charge in [-0.25, -0.2) is 0 Å². The Kier molecular flexibility index (Phi) is 3.14. The van der Waals surface area contributed by atoms with Gasteiger partial charge < -0.3 is 0 Å². The van der Waals surface area contributed by atoms with Gasteiger partial charge in [0, 0.05) is 23.2 Å². The van der Waals surface area contributed by atoms with Gasteiger partial charge in [0.2, 0.25) is 0 Å². The highest BCUT2D eigenvalue weighted by molar-refractivity contribution is 6.35. The first-order valence-corrected chi connectivity index (χ1v) is 6.65. The zero-order chi connectivity index (χ0) is 14.4. The molecule has 20 heavy (non-hydrogen) atoms. The Balaban J connectivity index is 1.88. The number of benzene rings is 1. The van der Waals surface area contributed by atoms with Crippen LogP contribution in [-0.4, -0.2) is 16.7 Å². The van der Waals surface area contributed by atoms with Crippen molar-refractivity contribution in [3.05, 3.63) is 41.0 Å². The van der Waals surface area contributed by atoms with E-state index in [0.717, 1.165) is 10.9 Å². The smallest absolute Gasteiger partial charge is 0.299 e. The zero-order valence-corrected chi connectivity index (χ0v) is 11.2. The van der Waals surface area contributed by atoms with Crippen molar-refractivity contribution < 1.29 is 13.2 Å². The molecule has 1 fully saturated rings. The van der Waals surface area contributed by atoms with Crippen molar-refractivity contribution in [3.63, 3.8) is 0 Å². The van der Waals surface area contributed by atoms with Gasteiger partial charge in [-0.2, -0.15) is 13.2 Å². The predicted molar refractivity (Wildman–Crippen MR) is 71.6 cm³/mol. The van der Waals surface area contributed by atoms with Gasteiger partial charge in [0.1, 0.15) is 5.54 Å². The number of nitrogens with zero attached hydrogens (tertiary/aromatic N) is 1. The maximum absolute atomic E-state index is 12.9. The van der Waals surface area contributed by atoms with E-state index in [2.05, 4.69) is 10.3 Å². The van der Waals surface area contributed by atoms with E-state index in [0.29, 0.717) is 10.5 Å². The Labute approximate surface area is 119 Å². The molecule has 0 amide bonds. The van der Waals surface area contributed by atoms with E-state index in [1.165, 1.54) is 0 Å². The van der Waals surface area contributed by atoms with Gasteiger partial charge in [-0.15, -0.1) is 0 Å². The standard InChI is InChI=1S/C14H12ClF3N2/c15-11-4-3-9(12-10(11)2-1-7-19-12)8-20-13(5-6-13)14(16,17)18/h1-4,7,20H,5-6,8H2. The molecule has 1 aromatic heterocycles. The van der Waals surface area contributed by atoms with Crippen molar-refractivity contribution in [1.82, 2.24) is 10.3 Å². The van der Waals surface area contributed by atoms with Crippen LogP contribution in [0.4, 0.5) is 13.2 Å². The summed E-state index contributed by atoms with van der Waals surface area (Å²) in [6.07, 6.45) is -2.33. The third-order valence-electron chi connectivity index (χ3n) is 3.71. The molecule has 0 atom stereocenters. The molecule has 1 aromatic carbocycles. The SMILES string of the molecule is FC(F)(F)C1(NCc2ccc(Cl)c3cccnc23)CC1. The highest BCUT2D eigenvalue weighted by atomic mass is 35.5. The molecule has 1 heterocycles. The lowest BCUT2D eigenvalue weighted by Gasteiger charge is -2.21. The first-order valence-electron chi connectivity index (χ1n) is 6.27. The normalized spacial score (nSPS) is 17.4. The number of hydrogen-bond acceptors (Lipinski definition) is 2. The summed E-state index contributed by atoms with van der Waals surface area (Å²) in [7, 11) is 0. The van der Waals surface area contributed by atoms with Gasteiger partial charge in [0.15, 0.2) is 0 Å². The van der Waals surface area contributed by atoms with Crippen molar-refractivity contribution >= 4 is 22.5 Å². The topological polar surface area (TPSA) is 24.9 Å². The highest BCUT2D eigenvalue weighted by Gasteiger charge is 2.62. The van der Waals surface area contributed by atoms with Crippen LogP contribution in [0.1, 0.15) is 18.4 Å². The first kappa shape index (κ1) is 13.6. The van der Waals surface area contributed by atoms with Crippen molar-refractivity contribution in [2.75, 3.05) is 0 Å². The van der Waals surface area contributed by atoms with Gasteiger partial charge in [0.25, 0.3) is 0 Å². The lowest BCUT2D eigenvalue weighted by Crippen LogP contribution is -2.44. The molecule has 0 aliphatic heterocycles. The van der Waals surface area contributed by atoms with E-state index in [1.807, 2.05) is 6.07 Å². The van der Waals surface area contributed by atoms with Gasteiger partial charge in [0.05, 0.1) is 5.52 Å². The minimum atomic E-state index is -4.21. The van der Waals surface area contributed by atoms with Crippen molar-refractivity contribution in [1.29, 1.82) is 0 Å². The Bertz CT molecular complexity index is 650. The number of aromatic nitrogens is 1. The second-order valence-corrected chi connectivity index (χ2v) is 5.45. The van der Waals surface area contributed by atoms with E-state index in [9.17, 15) is 13.2 Å². The van der Waals surface area contributed by atoms with Crippen LogP contribution in [0.2, 0.25) is 5.02 Å². The van der Waals surface area contributed by atoms with Crippen LogP contribution in [0, 0.1) is 0 Å². The molecule has 1 saturated carbocycles. The molecule has 1 aliphatic rings.